The van der Waals surface area contributed by atoms with Crippen molar-refractivity contribution >= 4 is 11.0 Å². The number of ether oxygens (including phenoxy) is 1. The molecule has 4 rings (SSSR count). The lowest BCUT2D eigenvalue weighted by Crippen LogP contribution is -2.10. The van der Waals surface area contributed by atoms with Crippen LogP contribution in [-0.4, -0.2) is 9.55 Å². The minimum Gasteiger partial charge on any atom is -0.485 e. The van der Waals surface area contributed by atoms with Crippen molar-refractivity contribution in [2.75, 3.05) is 0 Å². The monoisotopic (exact) mass is 384 g/mol. The van der Waals surface area contributed by atoms with E-state index in [1.54, 1.807) is 0 Å². The molecule has 0 aliphatic rings. The highest BCUT2D eigenvalue weighted by Crippen LogP contribution is 2.28. The first-order valence-electron chi connectivity index (χ1n) is 10.3. The van der Waals surface area contributed by atoms with Crippen LogP contribution in [0.15, 0.2) is 72.8 Å². The molecule has 0 bridgehead atoms. The molecule has 148 valence electrons. The van der Waals surface area contributed by atoms with Gasteiger partial charge in [-0.05, 0) is 54.2 Å². The van der Waals surface area contributed by atoms with Gasteiger partial charge in [-0.25, -0.2) is 4.98 Å². The fourth-order valence-electron chi connectivity index (χ4n) is 3.76. The van der Waals surface area contributed by atoms with Gasteiger partial charge >= 0.3 is 0 Å². The van der Waals surface area contributed by atoms with Gasteiger partial charge in [-0.15, -0.1) is 0 Å². The summed E-state index contributed by atoms with van der Waals surface area (Å²) >= 11 is 0. The fraction of sp³-hybridized carbons (Fsp3) is 0.269. The van der Waals surface area contributed by atoms with Gasteiger partial charge in [-0.3, -0.25) is 0 Å². The van der Waals surface area contributed by atoms with E-state index in [2.05, 4.69) is 92.1 Å². The molecule has 0 aliphatic carbocycles. The molecule has 1 heterocycles. The maximum Gasteiger partial charge on any atom is 0.148 e. The summed E-state index contributed by atoms with van der Waals surface area (Å²) in [6.07, 6.45) is 0.968. The molecule has 0 atom stereocenters. The first-order valence-corrected chi connectivity index (χ1v) is 10.3. The molecule has 0 radical (unpaired) electrons. The quantitative estimate of drug-likeness (QED) is 0.374. The van der Waals surface area contributed by atoms with Crippen LogP contribution in [0, 0.1) is 6.92 Å². The smallest absolute Gasteiger partial charge is 0.148 e. The van der Waals surface area contributed by atoms with E-state index in [1.165, 1.54) is 16.7 Å². The Bertz CT molecular complexity index is 1100. The third kappa shape index (κ3) is 4.34. The Morgan fingerprint density at radius 3 is 2.48 bits per heavy atom. The van der Waals surface area contributed by atoms with Crippen LogP contribution >= 0.6 is 0 Å². The van der Waals surface area contributed by atoms with Gasteiger partial charge in [0.2, 0.25) is 0 Å². The van der Waals surface area contributed by atoms with Crippen molar-refractivity contribution in [2.45, 2.75) is 46.3 Å². The zero-order chi connectivity index (χ0) is 20.2. The third-order valence-corrected chi connectivity index (χ3v) is 5.35. The molecule has 0 fully saturated rings. The number of aryl methyl sites for hydroxylation is 3. The summed E-state index contributed by atoms with van der Waals surface area (Å²) in [4.78, 5) is 4.87. The van der Waals surface area contributed by atoms with Gasteiger partial charge in [-0.2, -0.15) is 0 Å². The lowest BCUT2D eigenvalue weighted by molar-refractivity contribution is 0.286. The van der Waals surface area contributed by atoms with Crippen molar-refractivity contribution in [3.63, 3.8) is 0 Å². The number of benzene rings is 3. The van der Waals surface area contributed by atoms with Gasteiger partial charge in [0.15, 0.2) is 0 Å². The Morgan fingerprint density at radius 1 is 0.931 bits per heavy atom. The molecule has 3 aromatic carbocycles. The Morgan fingerprint density at radius 2 is 1.69 bits per heavy atom. The normalized spacial score (nSPS) is 11.3. The third-order valence-electron chi connectivity index (χ3n) is 5.35. The highest BCUT2D eigenvalue weighted by molar-refractivity contribution is 5.75. The van der Waals surface area contributed by atoms with Crippen LogP contribution in [0.3, 0.4) is 0 Å². The van der Waals surface area contributed by atoms with Crippen molar-refractivity contribution < 1.29 is 4.74 Å². The molecule has 4 aromatic rings. The number of hydrogen-bond acceptors (Lipinski definition) is 2. The second-order valence-electron chi connectivity index (χ2n) is 7.89. The highest BCUT2D eigenvalue weighted by atomic mass is 16.5. The summed E-state index contributed by atoms with van der Waals surface area (Å²) in [5.74, 6) is 2.35. The molecular formula is C26H28N2O. The van der Waals surface area contributed by atoms with Crippen LogP contribution < -0.4 is 4.74 Å². The number of imidazole rings is 1. The first kappa shape index (κ1) is 19.3. The van der Waals surface area contributed by atoms with Gasteiger partial charge in [-0.1, -0.05) is 68.4 Å². The lowest BCUT2D eigenvalue weighted by Gasteiger charge is -2.15. The SMILES string of the molecule is Cc1ccc(C(C)C)c(OCc2nc3ccccc3n2CCc2ccccc2)c1. The molecule has 0 amide bonds. The minimum atomic E-state index is 0.419. The van der Waals surface area contributed by atoms with Crippen LogP contribution in [-0.2, 0) is 19.6 Å². The van der Waals surface area contributed by atoms with Crippen molar-refractivity contribution in [2.24, 2.45) is 0 Å². The maximum absolute atomic E-state index is 6.30. The second kappa shape index (κ2) is 8.52. The molecule has 0 unspecified atom stereocenters. The van der Waals surface area contributed by atoms with Crippen LogP contribution in [0.25, 0.3) is 11.0 Å². The molecule has 3 heteroatoms. The first-order chi connectivity index (χ1) is 14.1. The standard InChI is InChI=1S/C26H28N2O/c1-19(2)22-14-13-20(3)17-25(22)29-18-26-27-23-11-7-8-12-24(23)28(26)16-15-21-9-5-4-6-10-21/h4-14,17,19H,15-16,18H2,1-3H3. The predicted octanol–water partition coefficient (Wildman–Crippen LogP) is 6.29. The highest BCUT2D eigenvalue weighted by Gasteiger charge is 2.13. The van der Waals surface area contributed by atoms with E-state index in [0.717, 1.165) is 35.6 Å². The van der Waals surface area contributed by atoms with Crippen LogP contribution in [0.4, 0.5) is 0 Å². The molecular weight excluding hydrogens is 356 g/mol. The Kier molecular flexibility index (Phi) is 5.66. The summed E-state index contributed by atoms with van der Waals surface area (Å²) < 4.78 is 8.60. The summed E-state index contributed by atoms with van der Waals surface area (Å²) in [6.45, 7) is 7.85. The Hall–Kier alpha value is -3.07. The maximum atomic E-state index is 6.30. The summed E-state index contributed by atoms with van der Waals surface area (Å²) in [6, 6.07) is 25.4. The Balaban J connectivity index is 1.61. The number of nitrogens with zero attached hydrogens (tertiary/aromatic N) is 2. The van der Waals surface area contributed by atoms with Gasteiger partial charge < -0.3 is 9.30 Å². The van der Waals surface area contributed by atoms with E-state index < -0.39 is 0 Å². The average Bonchev–Trinajstić information content (AvgIpc) is 3.09. The summed E-state index contributed by atoms with van der Waals surface area (Å²) in [5.41, 5.74) is 5.96. The number of rotatable bonds is 7. The van der Waals surface area contributed by atoms with E-state index in [0.29, 0.717) is 12.5 Å². The molecule has 0 saturated heterocycles. The van der Waals surface area contributed by atoms with Crippen molar-refractivity contribution in [1.29, 1.82) is 0 Å². The van der Waals surface area contributed by atoms with Gasteiger partial charge in [0, 0.05) is 6.54 Å². The fourth-order valence-corrected chi connectivity index (χ4v) is 3.76. The van der Waals surface area contributed by atoms with Gasteiger partial charge in [0.05, 0.1) is 11.0 Å². The zero-order valence-corrected chi connectivity index (χ0v) is 17.4. The van der Waals surface area contributed by atoms with E-state index in [-0.39, 0.29) is 0 Å². The van der Waals surface area contributed by atoms with Crippen molar-refractivity contribution in [3.8, 4) is 5.75 Å². The number of aromatic nitrogens is 2. The van der Waals surface area contributed by atoms with Crippen molar-refractivity contribution in [3.05, 3.63) is 95.3 Å². The lowest BCUT2D eigenvalue weighted by atomic mass is 10.0. The second-order valence-corrected chi connectivity index (χ2v) is 7.89. The van der Waals surface area contributed by atoms with E-state index in [4.69, 9.17) is 9.72 Å². The predicted molar refractivity (Wildman–Crippen MR) is 119 cm³/mol. The largest absolute Gasteiger partial charge is 0.485 e. The van der Waals surface area contributed by atoms with E-state index in [1.807, 2.05) is 6.07 Å². The molecule has 0 N–H and O–H groups in total. The number of fused-ring (bicyclic) bond motifs is 1. The number of para-hydroxylation sites is 2. The van der Waals surface area contributed by atoms with E-state index in [9.17, 15) is 0 Å². The molecule has 29 heavy (non-hydrogen) atoms. The van der Waals surface area contributed by atoms with Crippen molar-refractivity contribution in [1.82, 2.24) is 9.55 Å². The molecule has 0 saturated carbocycles. The van der Waals surface area contributed by atoms with Crippen LogP contribution in [0.1, 0.15) is 42.3 Å². The van der Waals surface area contributed by atoms with E-state index >= 15 is 0 Å². The van der Waals surface area contributed by atoms with Crippen LogP contribution in [0.2, 0.25) is 0 Å². The Labute approximate surface area is 173 Å². The summed E-state index contributed by atoms with van der Waals surface area (Å²) in [5, 5.41) is 0. The topological polar surface area (TPSA) is 27.1 Å². The van der Waals surface area contributed by atoms with Gasteiger partial charge in [0.25, 0.3) is 0 Å². The summed E-state index contributed by atoms with van der Waals surface area (Å²) in [7, 11) is 0. The minimum absolute atomic E-state index is 0.419. The zero-order valence-electron chi connectivity index (χ0n) is 17.4. The number of hydrogen-bond donors (Lipinski definition) is 0. The average molecular weight is 385 g/mol. The molecule has 0 spiro atoms. The molecule has 3 nitrogen and oxygen atoms in total. The molecule has 0 aliphatic heterocycles. The van der Waals surface area contributed by atoms with Crippen LogP contribution in [0.5, 0.6) is 5.75 Å². The molecule has 1 aromatic heterocycles. The van der Waals surface area contributed by atoms with Gasteiger partial charge in [0.1, 0.15) is 18.2 Å².